The van der Waals surface area contributed by atoms with Gasteiger partial charge < -0.3 is 10.1 Å². The molecular weight excluding hydrogens is 328 g/mol. The predicted octanol–water partition coefficient (Wildman–Crippen LogP) is 3.80. The first-order chi connectivity index (χ1) is 9.20. The molecule has 19 heavy (non-hydrogen) atoms. The quantitative estimate of drug-likeness (QED) is 0.898. The first kappa shape index (κ1) is 14.3. The van der Waals surface area contributed by atoms with Crippen LogP contribution in [0.3, 0.4) is 0 Å². The molecule has 0 saturated carbocycles. The molecule has 0 saturated heterocycles. The molecule has 1 heterocycles. The second kappa shape index (κ2) is 6.89. The lowest BCUT2D eigenvalue weighted by Crippen LogP contribution is -2.09. The first-order valence-corrected chi connectivity index (χ1v) is 7.03. The maximum Gasteiger partial charge on any atom is 0.218 e. The molecule has 5 heteroatoms. The van der Waals surface area contributed by atoms with E-state index in [2.05, 4.69) is 26.2 Å². The summed E-state index contributed by atoms with van der Waals surface area (Å²) in [7, 11) is 1.89. The Balaban J connectivity index is 2.13. The standard InChI is InChI=1S/C14H14BrClN2O/c1-17-7-11-6-12(15)8-18-14(11)19-9-10-4-2-3-5-13(10)16/h2-6,8,17H,7,9H2,1H3. The molecule has 1 aromatic carbocycles. The zero-order valence-corrected chi connectivity index (χ0v) is 12.8. The largest absolute Gasteiger partial charge is 0.473 e. The molecule has 0 spiro atoms. The minimum atomic E-state index is 0.408. The maximum atomic E-state index is 6.10. The molecule has 0 atom stereocenters. The third-order valence-corrected chi connectivity index (χ3v) is 3.38. The van der Waals surface area contributed by atoms with Gasteiger partial charge in [-0.05, 0) is 35.1 Å². The Kier molecular flexibility index (Phi) is 5.19. The summed E-state index contributed by atoms with van der Waals surface area (Å²) in [4.78, 5) is 4.29. The average Bonchev–Trinajstić information content (AvgIpc) is 2.40. The van der Waals surface area contributed by atoms with Gasteiger partial charge in [0.2, 0.25) is 5.88 Å². The highest BCUT2D eigenvalue weighted by Crippen LogP contribution is 2.22. The van der Waals surface area contributed by atoms with Crippen molar-refractivity contribution in [2.75, 3.05) is 7.05 Å². The van der Waals surface area contributed by atoms with E-state index < -0.39 is 0 Å². The summed E-state index contributed by atoms with van der Waals surface area (Å²) in [6.07, 6.45) is 1.72. The molecular formula is C14H14BrClN2O. The van der Waals surface area contributed by atoms with Crippen LogP contribution in [0.4, 0.5) is 0 Å². The van der Waals surface area contributed by atoms with Crippen LogP contribution in [0, 0.1) is 0 Å². The van der Waals surface area contributed by atoms with Crippen LogP contribution >= 0.6 is 27.5 Å². The van der Waals surface area contributed by atoms with Gasteiger partial charge in [0.25, 0.3) is 0 Å². The van der Waals surface area contributed by atoms with Gasteiger partial charge >= 0.3 is 0 Å². The zero-order chi connectivity index (χ0) is 13.7. The van der Waals surface area contributed by atoms with E-state index in [-0.39, 0.29) is 0 Å². The number of pyridine rings is 1. The van der Waals surface area contributed by atoms with Gasteiger partial charge in [0.1, 0.15) is 6.61 Å². The molecule has 0 aliphatic carbocycles. The number of rotatable bonds is 5. The number of hydrogen-bond acceptors (Lipinski definition) is 3. The van der Waals surface area contributed by atoms with E-state index in [1.54, 1.807) is 6.20 Å². The third-order valence-electron chi connectivity index (χ3n) is 2.58. The lowest BCUT2D eigenvalue weighted by atomic mass is 10.2. The molecule has 3 nitrogen and oxygen atoms in total. The van der Waals surface area contributed by atoms with Crippen molar-refractivity contribution in [1.29, 1.82) is 0 Å². The van der Waals surface area contributed by atoms with Gasteiger partial charge in [-0.3, -0.25) is 0 Å². The number of nitrogens with zero attached hydrogens (tertiary/aromatic N) is 1. The van der Waals surface area contributed by atoms with Gasteiger partial charge in [-0.2, -0.15) is 0 Å². The molecule has 2 aromatic rings. The van der Waals surface area contributed by atoms with Crippen LogP contribution in [-0.2, 0) is 13.2 Å². The lowest BCUT2D eigenvalue weighted by molar-refractivity contribution is 0.290. The highest BCUT2D eigenvalue weighted by atomic mass is 79.9. The fourth-order valence-corrected chi connectivity index (χ4v) is 2.25. The first-order valence-electron chi connectivity index (χ1n) is 5.86. The van der Waals surface area contributed by atoms with Crippen molar-refractivity contribution in [2.45, 2.75) is 13.2 Å². The van der Waals surface area contributed by atoms with Crippen LogP contribution in [-0.4, -0.2) is 12.0 Å². The normalized spacial score (nSPS) is 10.5. The van der Waals surface area contributed by atoms with Crippen LogP contribution < -0.4 is 10.1 Å². The Morgan fingerprint density at radius 1 is 1.32 bits per heavy atom. The van der Waals surface area contributed by atoms with E-state index in [1.165, 1.54) is 0 Å². The van der Waals surface area contributed by atoms with Gasteiger partial charge in [0.05, 0.1) is 0 Å². The molecule has 100 valence electrons. The fourth-order valence-electron chi connectivity index (χ4n) is 1.68. The van der Waals surface area contributed by atoms with Crippen LogP contribution in [0.2, 0.25) is 5.02 Å². The summed E-state index contributed by atoms with van der Waals surface area (Å²) in [6, 6.07) is 9.62. The van der Waals surface area contributed by atoms with Crippen LogP contribution in [0.15, 0.2) is 41.0 Å². The highest BCUT2D eigenvalue weighted by molar-refractivity contribution is 9.10. The Labute approximate surface area is 126 Å². The number of aromatic nitrogens is 1. The number of halogens is 2. The number of ether oxygens (including phenoxy) is 1. The van der Waals surface area contributed by atoms with E-state index in [9.17, 15) is 0 Å². The monoisotopic (exact) mass is 340 g/mol. The van der Waals surface area contributed by atoms with Crippen molar-refractivity contribution in [1.82, 2.24) is 10.3 Å². The van der Waals surface area contributed by atoms with Crippen LogP contribution in [0.25, 0.3) is 0 Å². The summed E-state index contributed by atoms with van der Waals surface area (Å²) >= 11 is 9.50. The molecule has 0 fully saturated rings. The molecule has 0 aliphatic rings. The van der Waals surface area contributed by atoms with E-state index in [4.69, 9.17) is 16.3 Å². The maximum absolute atomic E-state index is 6.10. The number of benzene rings is 1. The summed E-state index contributed by atoms with van der Waals surface area (Å²) < 4.78 is 6.69. The van der Waals surface area contributed by atoms with E-state index in [1.807, 2.05) is 37.4 Å². The highest BCUT2D eigenvalue weighted by Gasteiger charge is 2.07. The predicted molar refractivity (Wildman–Crippen MR) is 80.5 cm³/mol. The fraction of sp³-hybridized carbons (Fsp3) is 0.214. The molecule has 0 aliphatic heterocycles. The van der Waals surface area contributed by atoms with Crippen LogP contribution in [0.1, 0.15) is 11.1 Å². The smallest absolute Gasteiger partial charge is 0.218 e. The Hall–Kier alpha value is -1.10. The second-order valence-corrected chi connectivity index (χ2v) is 5.35. The lowest BCUT2D eigenvalue weighted by Gasteiger charge is -2.11. The molecule has 0 amide bonds. The van der Waals surface area contributed by atoms with E-state index in [0.717, 1.165) is 15.6 Å². The zero-order valence-electron chi connectivity index (χ0n) is 10.5. The molecule has 1 N–H and O–H groups in total. The SMILES string of the molecule is CNCc1cc(Br)cnc1OCc1ccccc1Cl. The summed E-state index contributed by atoms with van der Waals surface area (Å²) in [5.74, 6) is 0.623. The summed E-state index contributed by atoms with van der Waals surface area (Å²) in [6.45, 7) is 1.11. The van der Waals surface area contributed by atoms with Gasteiger partial charge in [-0.1, -0.05) is 29.8 Å². The van der Waals surface area contributed by atoms with Crippen molar-refractivity contribution >= 4 is 27.5 Å². The van der Waals surface area contributed by atoms with Gasteiger partial charge in [0.15, 0.2) is 0 Å². The Morgan fingerprint density at radius 2 is 2.11 bits per heavy atom. The third kappa shape index (κ3) is 3.93. The summed E-state index contributed by atoms with van der Waals surface area (Å²) in [5.41, 5.74) is 1.95. The second-order valence-electron chi connectivity index (χ2n) is 4.03. The van der Waals surface area contributed by atoms with Gasteiger partial charge in [-0.15, -0.1) is 0 Å². The molecule has 0 bridgehead atoms. The Bertz CT molecular complexity index is 563. The number of nitrogens with one attached hydrogen (secondary N) is 1. The average molecular weight is 342 g/mol. The van der Waals surface area contributed by atoms with E-state index in [0.29, 0.717) is 24.1 Å². The van der Waals surface area contributed by atoms with Gasteiger partial charge in [0, 0.05) is 33.4 Å². The number of hydrogen-bond donors (Lipinski definition) is 1. The molecule has 1 aromatic heterocycles. The van der Waals surface area contributed by atoms with Crippen molar-refractivity contribution in [3.8, 4) is 5.88 Å². The van der Waals surface area contributed by atoms with Crippen molar-refractivity contribution in [2.24, 2.45) is 0 Å². The van der Waals surface area contributed by atoms with Crippen molar-refractivity contribution in [3.63, 3.8) is 0 Å². The van der Waals surface area contributed by atoms with E-state index >= 15 is 0 Å². The molecule has 0 unspecified atom stereocenters. The minimum Gasteiger partial charge on any atom is -0.473 e. The van der Waals surface area contributed by atoms with Gasteiger partial charge in [-0.25, -0.2) is 4.98 Å². The molecule has 2 rings (SSSR count). The summed E-state index contributed by atoms with van der Waals surface area (Å²) in [5, 5.41) is 3.80. The molecule has 0 radical (unpaired) electrons. The van der Waals surface area contributed by atoms with Crippen molar-refractivity contribution in [3.05, 3.63) is 57.2 Å². The topological polar surface area (TPSA) is 34.2 Å². The Morgan fingerprint density at radius 3 is 2.84 bits per heavy atom. The minimum absolute atomic E-state index is 0.408. The van der Waals surface area contributed by atoms with Crippen molar-refractivity contribution < 1.29 is 4.74 Å². The van der Waals surface area contributed by atoms with Crippen LogP contribution in [0.5, 0.6) is 5.88 Å².